The largest absolute Gasteiger partial charge is 0.314 e. The second-order valence-electron chi connectivity index (χ2n) is 6.56. The molecule has 2 aromatic carbocycles. The van der Waals surface area contributed by atoms with Crippen LogP contribution in [0, 0.1) is 5.92 Å². The first-order valence-corrected chi connectivity index (χ1v) is 8.52. The Morgan fingerprint density at radius 3 is 1.96 bits per heavy atom. The van der Waals surface area contributed by atoms with Gasteiger partial charge in [0.15, 0.2) is 0 Å². The maximum atomic E-state index is 3.47. The third-order valence-corrected chi connectivity index (χ3v) is 4.97. The van der Waals surface area contributed by atoms with Crippen LogP contribution in [0.15, 0.2) is 54.6 Å². The Balaban J connectivity index is 0.00000104. The highest BCUT2D eigenvalue weighted by Gasteiger charge is 2.36. The number of nitrogens with zero attached hydrogens (tertiary/aromatic N) is 1. The lowest BCUT2D eigenvalue weighted by molar-refractivity contribution is 0.156. The van der Waals surface area contributed by atoms with Gasteiger partial charge in [0.2, 0.25) is 0 Å². The maximum absolute atomic E-state index is 3.47. The van der Waals surface area contributed by atoms with Crippen LogP contribution in [0.5, 0.6) is 0 Å². The second-order valence-corrected chi connectivity index (χ2v) is 6.56. The van der Waals surface area contributed by atoms with Crippen molar-refractivity contribution in [2.24, 2.45) is 5.92 Å². The van der Waals surface area contributed by atoms with E-state index in [0.717, 1.165) is 19.0 Å². The molecule has 1 aliphatic heterocycles. The number of rotatable bonds is 4. The van der Waals surface area contributed by atoms with E-state index in [1.165, 1.54) is 42.6 Å². The molecule has 1 saturated carbocycles. The lowest BCUT2D eigenvalue weighted by Crippen LogP contribution is -2.45. The molecule has 1 aliphatic carbocycles. The third kappa shape index (κ3) is 4.31. The molecule has 2 nitrogen and oxygen atoms in total. The minimum atomic E-state index is 0. The van der Waals surface area contributed by atoms with Gasteiger partial charge in [0.1, 0.15) is 0 Å². The summed E-state index contributed by atoms with van der Waals surface area (Å²) in [5.41, 5.74) is 4.13. The average molecular weight is 365 g/mol. The van der Waals surface area contributed by atoms with Crippen molar-refractivity contribution in [1.82, 2.24) is 10.2 Å². The number of nitrogens with one attached hydrogen (secondary N) is 1. The van der Waals surface area contributed by atoms with Crippen molar-refractivity contribution in [3.8, 4) is 11.1 Å². The van der Waals surface area contributed by atoms with Crippen LogP contribution < -0.4 is 5.32 Å². The highest BCUT2D eigenvalue weighted by Crippen LogP contribution is 2.44. The SMILES string of the molecule is Cl.Cl.c1ccc(-c2ccc([C@@H](C3CC3)N3CCNCC3)cc2)cc1. The number of hydrogen-bond donors (Lipinski definition) is 1. The van der Waals surface area contributed by atoms with Gasteiger partial charge < -0.3 is 5.32 Å². The van der Waals surface area contributed by atoms with Crippen LogP contribution in [0.3, 0.4) is 0 Å². The maximum Gasteiger partial charge on any atom is 0.0377 e. The van der Waals surface area contributed by atoms with Gasteiger partial charge in [-0.2, -0.15) is 0 Å². The molecule has 0 radical (unpaired) electrons. The minimum absolute atomic E-state index is 0. The fourth-order valence-corrected chi connectivity index (χ4v) is 3.66. The van der Waals surface area contributed by atoms with Crippen LogP contribution in [-0.2, 0) is 0 Å². The van der Waals surface area contributed by atoms with Crippen LogP contribution in [0.1, 0.15) is 24.4 Å². The van der Waals surface area contributed by atoms with Crippen molar-refractivity contribution in [3.05, 3.63) is 60.2 Å². The highest BCUT2D eigenvalue weighted by molar-refractivity contribution is 5.85. The van der Waals surface area contributed by atoms with Crippen molar-refractivity contribution in [2.75, 3.05) is 26.2 Å². The molecule has 0 bridgehead atoms. The summed E-state index contributed by atoms with van der Waals surface area (Å²) in [5, 5.41) is 3.47. The van der Waals surface area contributed by atoms with E-state index in [1.54, 1.807) is 0 Å². The van der Waals surface area contributed by atoms with Crippen LogP contribution in [0.25, 0.3) is 11.1 Å². The molecule has 1 N–H and O–H groups in total. The number of benzene rings is 2. The van der Waals surface area contributed by atoms with E-state index in [0.29, 0.717) is 6.04 Å². The first kappa shape index (κ1) is 19.3. The van der Waals surface area contributed by atoms with Gasteiger partial charge in [0.25, 0.3) is 0 Å². The Hall–Kier alpha value is -1.06. The average Bonchev–Trinajstić information content (AvgIpc) is 3.43. The van der Waals surface area contributed by atoms with Gasteiger partial charge in [0.05, 0.1) is 0 Å². The second kappa shape index (κ2) is 8.87. The summed E-state index contributed by atoms with van der Waals surface area (Å²) in [5.74, 6) is 0.876. The van der Waals surface area contributed by atoms with Gasteiger partial charge in [0, 0.05) is 32.2 Å². The minimum Gasteiger partial charge on any atom is -0.314 e. The summed E-state index contributed by atoms with van der Waals surface area (Å²) >= 11 is 0. The van der Waals surface area contributed by atoms with Crippen molar-refractivity contribution < 1.29 is 0 Å². The molecule has 2 aliphatic rings. The summed E-state index contributed by atoms with van der Waals surface area (Å²) < 4.78 is 0. The van der Waals surface area contributed by atoms with E-state index in [9.17, 15) is 0 Å². The Bertz CT molecular complexity index is 605. The molecule has 0 aromatic heterocycles. The van der Waals surface area contributed by atoms with Crippen molar-refractivity contribution in [2.45, 2.75) is 18.9 Å². The van der Waals surface area contributed by atoms with E-state index in [2.05, 4.69) is 64.8 Å². The Morgan fingerprint density at radius 1 is 0.792 bits per heavy atom. The van der Waals surface area contributed by atoms with E-state index < -0.39 is 0 Å². The van der Waals surface area contributed by atoms with Crippen LogP contribution >= 0.6 is 24.8 Å². The van der Waals surface area contributed by atoms with Crippen molar-refractivity contribution >= 4 is 24.8 Å². The molecule has 0 spiro atoms. The van der Waals surface area contributed by atoms with Gasteiger partial charge >= 0.3 is 0 Å². The Morgan fingerprint density at radius 2 is 1.38 bits per heavy atom. The van der Waals surface area contributed by atoms with E-state index in [-0.39, 0.29) is 24.8 Å². The fraction of sp³-hybridized carbons (Fsp3) is 0.400. The standard InChI is InChI=1S/C20H24N2.2ClH/c1-2-4-16(5-3-1)17-6-8-18(9-7-17)20(19-10-11-19)22-14-12-21-13-15-22;;/h1-9,19-21H,10-15H2;2*1H/t20-;;/m0../s1. The molecule has 0 unspecified atom stereocenters. The first-order valence-electron chi connectivity index (χ1n) is 8.52. The third-order valence-electron chi connectivity index (χ3n) is 4.97. The zero-order chi connectivity index (χ0) is 14.8. The number of hydrogen-bond acceptors (Lipinski definition) is 2. The first-order chi connectivity index (χ1) is 10.9. The van der Waals surface area contributed by atoms with Crippen molar-refractivity contribution in [3.63, 3.8) is 0 Å². The smallest absolute Gasteiger partial charge is 0.0377 e. The molecule has 1 saturated heterocycles. The molecule has 2 fully saturated rings. The summed E-state index contributed by atoms with van der Waals surface area (Å²) in [6.45, 7) is 4.62. The topological polar surface area (TPSA) is 15.3 Å². The van der Waals surface area contributed by atoms with Gasteiger partial charge in [-0.1, -0.05) is 54.6 Å². The van der Waals surface area contributed by atoms with E-state index >= 15 is 0 Å². The highest BCUT2D eigenvalue weighted by atomic mass is 35.5. The number of piperazine rings is 1. The predicted octanol–water partition coefficient (Wildman–Crippen LogP) is 4.55. The Kier molecular flexibility index (Phi) is 7.12. The quantitative estimate of drug-likeness (QED) is 0.855. The zero-order valence-corrected chi connectivity index (χ0v) is 15.5. The molecule has 2 aromatic rings. The molecule has 0 amide bonds. The van der Waals surface area contributed by atoms with Crippen LogP contribution in [-0.4, -0.2) is 31.1 Å². The lowest BCUT2D eigenvalue weighted by atomic mass is 9.96. The lowest BCUT2D eigenvalue weighted by Gasteiger charge is -2.35. The fourth-order valence-electron chi connectivity index (χ4n) is 3.66. The van der Waals surface area contributed by atoms with Gasteiger partial charge in [-0.3, -0.25) is 4.90 Å². The normalized spacial score (nSPS) is 19.0. The molecular formula is C20H26Cl2N2. The Labute approximate surface area is 157 Å². The summed E-state index contributed by atoms with van der Waals surface area (Å²) in [6, 6.07) is 20.6. The summed E-state index contributed by atoms with van der Waals surface area (Å²) in [4.78, 5) is 2.69. The van der Waals surface area contributed by atoms with Gasteiger partial charge in [-0.25, -0.2) is 0 Å². The number of halogens is 2. The van der Waals surface area contributed by atoms with Crippen molar-refractivity contribution in [1.29, 1.82) is 0 Å². The zero-order valence-electron chi connectivity index (χ0n) is 13.9. The monoisotopic (exact) mass is 364 g/mol. The van der Waals surface area contributed by atoms with E-state index in [1.807, 2.05) is 0 Å². The van der Waals surface area contributed by atoms with Gasteiger partial charge in [-0.15, -0.1) is 24.8 Å². The van der Waals surface area contributed by atoms with Gasteiger partial charge in [-0.05, 0) is 35.4 Å². The predicted molar refractivity (Wildman–Crippen MR) is 106 cm³/mol. The molecule has 4 heteroatoms. The molecule has 130 valence electrons. The summed E-state index contributed by atoms with van der Waals surface area (Å²) in [7, 11) is 0. The molecule has 4 rings (SSSR count). The molecule has 1 atom stereocenters. The molecule has 24 heavy (non-hydrogen) atoms. The molecule has 1 heterocycles. The van der Waals surface area contributed by atoms with Crippen LogP contribution in [0.4, 0.5) is 0 Å². The van der Waals surface area contributed by atoms with Crippen LogP contribution in [0.2, 0.25) is 0 Å². The van der Waals surface area contributed by atoms with E-state index in [4.69, 9.17) is 0 Å². The summed E-state index contributed by atoms with van der Waals surface area (Å²) in [6.07, 6.45) is 2.80. The molecular weight excluding hydrogens is 339 g/mol.